The first kappa shape index (κ1) is 14.0. The van der Waals surface area contributed by atoms with Crippen LogP contribution < -0.4 is 5.32 Å². The van der Waals surface area contributed by atoms with Crippen LogP contribution in [0.1, 0.15) is 11.1 Å². The molecular weight excluding hydrogens is 264 g/mol. The number of carbonyl (C=O) groups is 1. The largest absolute Gasteiger partial charge is 0.508 e. The maximum Gasteiger partial charge on any atom is 0.228 e. The summed E-state index contributed by atoms with van der Waals surface area (Å²) >= 11 is 0. The van der Waals surface area contributed by atoms with Crippen LogP contribution in [0, 0.1) is 18.6 Å². The molecule has 0 aliphatic heterocycles. The zero-order valence-electron chi connectivity index (χ0n) is 10.8. The average molecular weight is 277 g/mol. The van der Waals surface area contributed by atoms with Gasteiger partial charge in [0.1, 0.15) is 17.4 Å². The molecule has 2 aromatic carbocycles. The Labute approximate surface area is 114 Å². The van der Waals surface area contributed by atoms with Crippen LogP contribution in [0.15, 0.2) is 36.4 Å². The van der Waals surface area contributed by atoms with E-state index in [1.807, 2.05) is 0 Å². The smallest absolute Gasteiger partial charge is 0.228 e. The number of hydrogen-bond acceptors (Lipinski definition) is 2. The molecule has 0 saturated heterocycles. The quantitative estimate of drug-likeness (QED) is 0.847. The number of phenols is 1. The van der Waals surface area contributed by atoms with Gasteiger partial charge in [0.2, 0.25) is 5.91 Å². The lowest BCUT2D eigenvalue weighted by atomic mass is 10.1. The molecule has 0 radical (unpaired) electrons. The molecule has 0 fully saturated rings. The highest BCUT2D eigenvalue weighted by molar-refractivity contribution is 5.93. The second-order valence-corrected chi connectivity index (χ2v) is 4.46. The van der Waals surface area contributed by atoms with Crippen molar-refractivity contribution in [1.82, 2.24) is 0 Å². The number of rotatable bonds is 3. The average Bonchev–Trinajstić information content (AvgIpc) is 2.36. The van der Waals surface area contributed by atoms with Crippen LogP contribution in [-0.4, -0.2) is 11.0 Å². The van der Waals surface area contributed by atoms with Gasteiger partial charge in [-0.05, 0) is 42.3 Å². The Morgan fingerprint density at radius 2 is 1.95 bits per heavy atom. The number of aromatic hydroxyl groups is 1. The molecule has 20 heavy (non-hydrogen) atoms. The molecule has 0 heterocycles. The summed E-state index contributed by atoms with van der Waals surface area (Å²) in [5, 5.41) is 11.9. The van der Waals surface area contributed by atoms with E-state index in [-0.39, 0.29) is 17.7 Å². The number of amides is 1. The van der Waals surface area contributed by atoms with E-state index < -0.39 is 17.5 Å². The number of hydrogen-bond donors (Lipinski definition) is 2. The molecule has 0 aliphatic carbocycles. The molecule has 0 spiro atoms. The number of carbonyl (C=O) groups excluding carboxylic acids is 1. The fraction of sp³-hybridized carbons (Fsp3) is 0.133. The van der Waals surface area contributed by atoms with Gasteiger partial charge in [0.15, 0.2) is 0 Å². The van der Waals surface area contributed by atoms with Crippen molar-refractivity contribution in [3.05, 3.63) is 59.2 Å². The maximum atomic E-state index is 13.4. The lowest BCUT2D eigenvalue weighted by Gasteiger charge is -2.09. The van der Waals surface area contributed by atoms with Gasteiger partial charge in [0.05, 0.1) is 6.42 Å². The molecule has 0 aliphatic rings. The number of phenolic OH excluding ortho intramolecular Hbond substituents is 1. The SMILES string of the molecule is Cc1cc(O)ccc1NC(=O)Cc1ccc(F)cc1F. The van der Waals surface area contributed by atoms with E-state index in [2.05, 4.69) is 5.32 Å². The van der Waals surface area contributed by atoms with Crippen molar-refractivity contribution >= 4 is 11.6 Å². The minimum absolute atomic E-state index is 0.102. The van der Waals surface area contributed by atoms with Crippen molar-refractivity contribution < 1.29 is 18.7 Å². The summed E-state index contributed by atoms with van der Waals surface area (Å²) in [4.78, 5) is 11.8. The van der Waals surface area contributed by atoms with Crippen LogP contribution >= 0.6 is 0 Å². The Morgan fingerprint density at radius 3 is 2.60 bits per heavy atom. The summed E-state index contributed by atoms with van der Waals surface area (Å²) < 4.78 is 26.2. The van der Waals surface area contributed by atoms with Crippen molar-refractivity contribution in [3.8, 4) is 5.75 Å². The third-order valence-corrected chi connectivity index (χ3v) is 2.85. The standard InChI is InChI=1S/C15H13F2NO2/c1-9-6-12(19)4-5-14(9)18-15(20)7-10-2-3-11(16)8-13(10)17/h2-6,8,19H,7H2,1H3,(H,18,20). The van der Waals surface area contributed by atoms with E-state index in [4.69, 9.17) is 0 Å². The monoisotopic (exact) mass is 277 g/mol. The predicted molar refractivity (Wildman–Crippen MR) is 71.5 cm³/mol. The Morgan fingerprint density at radius 1 is 1.20 bits per heavy atom. The Bertz CT molecular complexity index is 601. The minimum Gasteiger partial charge on any atom is -0.508 e. The first-order valence-electron chi connectivity index (χ1n) is 5.99. The first-order valence-corrected chi connectivity index (χ1v) is 5.99. The van der Waals surface area contributed by atoms with Gasteiger partial charge in [-0.25, -0.2) is 8.78 Å². The number of anilines is 1. The van der Waals surface area contributed by atoms with Crippen LogP contribution in [0.5, 0.6) is 5.75 Å². The van der Waals surface area contributed by atoms with E-state index in [9.17, 15) is 18.7 Å². The predicted octanol–water partition coefficient (Wildman–Crippen LogP) is 3.16. The summed E-state index contributed by atoms with van der Waals surface area (Å²) in [6, 6.07) is 7.61. The molecular formula is C15H13F2NO2. The van der Waals surface area contributed by atoms with Crippen LogP contribution in [0.3, 0.4) is 0 Å². The summed E-state index contributed by atoms with van der Waals surface area (Å²) in [5.41, 5.74) is 1.36. The van der Waals surface area contributed by atoms with Crippen molar-refractivity contribution in [1.29, 1.82) is 0 Å². The number of nitrogens with one attached hydrogen (secondary N) is 1. The third-order valence-electron chi connectivity index (χ3n) is 2.85. The molecule has 0 bridgehead atoms. The van der Waals surface area contributed by atoms with Gasteiger partial charge in [-0.3, -0.25) is 4.79 Å². The van der Waals surface area contributed by atoms with Crippen molar-refractivity contribution in [3.63, 3.8) is 0 Å². The molecule has 2 rings (SSSR count). The van der Waals surface area contributed by atoms with Crippen LogP contribution in [0.25, 0.3) is 0 Å². The third kappa shape index (κ3) is 3.32. The van der Waals surface area contributed by atoms with Gasteiger partial charge >= 0.3 is 0 Å². The highest BCUT2D eigenvalue weighted by atomic mass is 19.1. The van der Waals surface area contributed by atoms with Crippen LogP contribution in [0.4, 0.5) is 14.5 Å². The van der Waals surface area contributed by atoms with E-state index in [0.717, 1.165) is 12.1 Å². The fourth-order valence-corrected chi connectivity index (χ4v) is 1.82. The van der Waals surface area contributed by atoms with E-state index >= 15 is 0 Å². The molecule has 104 valence electrons. The lowest BCUT2D eigenvalue weighted by Crippen LogP contribution is -2.16. The first-order chi connectivity index (χ1) is 9.45. The molecule has 0 atom stereocenters. The van der Waals surface area contributed by atoms with Gasteiger partial charge in [-0.15, -0.1) is 0 Å². The normalized spacial score (nSPS) is 10.3. The maximum absolute atomic E-state index is 13.4. The molecule has 0 saturated carbocycles. The zero-order valence-corrected chi connectivity index (χ0v) is 10.8. The van der Waals surface area contributed by atoms with E-state index in [1.165, 1.54) is 18.2 Å². The Balaban J connectivity index is 2.09. The topological polar surface area (TPSA) is 49.3 Å². The number of aryl methyl sites for hydroxylation is 1. The second-order valence-electron chi connectivity index (χ2n) is 4.46. The molecule has 1 amide bonds. The fourth-order valence-electron chi connectivity index (χ4n) is 1.82. The van der Waals surface area contributed by atoms with Crippen LogP contribution in [-0.2, 0) is 11.2 Å². The highest BCUT2D eigenvalue weighted by Gasteiger charge is 2.10. The van der Waals surface area contributed by atoms with Gasteiger partial charge in [-0.2, -0.15) is 0 Å². The van der Waals surface area contributed by atoms with Gasteiger partial charge < -0.3 is 10.4 Å². The Kier molecular flexibility index (Phi) is 3.98. The summed E-state index contributed by atoms with van der Waals surface area (Å²) in [6.07, 6.45) is -0.188. The molecule has 2 N–H and O–H groups in total. The number of halogens is 2. The molecule has 0 unspecified atom stereocenters. The summed E-state index contributed by atoms with van der Waals surface area (Å²) in [7, 11) is 0. The van der Waals surface area contributed by atoms with Crippen molar-refractivity contribution in [2.24, 2.45) is 0 Å². The lowest BCUT2D eigenvalue weighted by molar-refractivity contribution is -0.115. The van der Waals surface area contributed by atoms with Crippen molar-refractivity contribution in [2.75, 3.05) is 5.32 Å². The van der Waals surface area contributed by atoms with E-state index in [1.54, 1.807) is 13.0 Å². The summed E-state index contributed by atoms with van der Waals surface area (Å²) in [6.45, 7) is 1.73. The van der Waals surface area contributed by atoms with Gasteiger partial charge in [0, 0.05) is 11.8 Å². The zero-order chi connectivity index (χ0) is 14.7. The molecule has 5 heteroatoms. The molecule has 2 aromatic rings. The molecule has 3 nitrogen and oxygen atoms in total. The second kappa shape index (κ2) is 5.69. The van der Waals surface area contributed by atoms with E-state index in [0.29, 0.717) is 11.3 Å². The van der Waals surface area contributed by atoms with Gasteiger partial charge in [-0.1, -0.05) is 6.07 Å². The van der Waals surface area contributed by atoms with Gasteiger partial charge in [0.25, 0.3) is 0 Å². The number of benzene rings is 2. The molecule has 0 aromatic heterocycles. The van der Waals surface area contributed by atoms with Crippen molar-refractivity contribution in [2.45, 2.75) is 13.3 Å². The van der Waals surface area contributed by atoms with Crippen LogP contribution in [0.2, 0.25) is 0 Å². The highest BCUT2D eigenvalue weighted by Crippen LogP contribution is 2.20. The minimum atomic E-state index is -0.748. The Hall–Kier alpha value is -2.43. The summed E-state index contributed by atoms with van der Waals surface area (Å²) in [5.74, 6) is -1.74.